The number of sulfone groups is 5. The molecule has 10 heterocycles. The topological polar surface area (TPSA) is 530 Å². The second-order valence-corrected chi connectivity index (χ2v) is 52.4. The first-order valence-electron chi connectivity index (χ1n) is 46.9. The average molecular weight is 2200 g/mol. The fraction of sp³-hybridized carbons (Fsp3) is 0.441. The van der Waals surface area contributed by atoms with Gasteiger partial charge in [0.2, 0.25) is 0 Å². The number of methoxy groups -OCH3 is 2. The highest BCUT2D eigenvalue weighted by molar-refractivity contribution is 9.10. The number of nitrogens with one attached hydrogen (secondary N) is 6. The highest BCUT2D eigenvalue weighted by atomic mass is 79.9. The van der Waals surface area contributed by atoms with Crippen molar-refractivity contribution in [3.63, 3.8) is 0 Å². The molecular weight excluding hydrogens is 2070 g/mol. The number of hydrogen-bond donors (Lipinski definition) is 8. The van der Waals surface area contributed by atoms with E-state index in [2.05, 4.69) is 52.0 Å². The first-order chi connectivity index (χ1) is 68.9. The van der Waals surface area contributed by atoms with Gasteiger partial charge < -0.3 is 89.8 Å². The molecule has 17 rings (SSSR count). The molecule has 0 saturated carbocycles. The number of esters is 2. The summed E-state index contributed by atoms with van der Waals surface area (Å²) >= 11 is 3.36. The van der Waals surface area contributed by atoms with Crippen LogP contribution in [0.4, 0.5) is 40.1 Å². The third-order valence-corrected chi connectivity index (χ3v) is 39.6. The standard InChI is InChI=1S/C24H26N2O6S.C23H25N3O6S.C19H26N2O6S.C14H18N2O4S.C11H20N2O4S.C10H9BrO2.CH4/c1-31-22(27)12-11-19-9-5-6-10-21(19)26-16-24(17-26)13-20(15-33(24,29)30)25-23(28)32-14-18-7-3-2-4-8-18;27-21(25-29)11-10-18-8-4-5-9-20(18)26-15-23(16-26)12-19(14-33(23,30)31)24-22(28)32-13-17-6-2-1-3-7-17;1-18(2,3)27-17(23)21-12-19(13-21)9-15(11-28(19,24)25)20-16(22)26-10-14-7-5-4-6-8-14;17-13(20-7-11-4-2-1-3-5-11)16-12-6-14(9-15-10-14)21(18,19)8-12;1-10(2,3)17-9(14)13-6-11(7-13)4-8(12)5-18(11,15)16;1-13-10(12)7-6-8-4-2-3-5-9(8)11;/h2-12,20H,13-17H2,1H3,(H,25,28);1-11,19,29H,12-16H2,(H,24,28)(H,25,27);4-8,15H,9-13H2,1-3H3,(H,20,22);1-5,12,15H,6-10H2,(H,16,17);8H,4-7,12H2,1-3H3;2-7H,1H3;1H4/b12-11+;11-10+;;;;7-6+;. The van der Waals surface area contributed by atoms with E-state index < -0.39 is 151 Å². The molecule has 10 aliphatic rings. The summed E-state index contributed by atoms with van der Waals surface area (Å²) in [6.45, 7) is 13.9. The first-order valence-corrected chi connectivity index (χ1v) is 56.0. The van der Waals surface area contributed by atoms with Gasteiger partial charge in [0.1, 0.15) is 56.6 Å². The normalized spacial score (nSPS) is 21.5. The SMILES string of the molecule is C.CC(C)(C)OC(=O)N1CC2(CC(N)CS2(=O)=O)C1.CC(C)(C)OC(=O)N1CC2(CC(NC(=O)OCc3ccccc3)CS2(=O)=O)C1.COC(=O)/C=C/c1ccccc1Br.COC(=O)/C=C/c1ccccc1N1CC2(CC(NC(=O)OCc3ccccc3)CS2(=O)=O)C1.O=C(/C=C/c1ccccc1N1CC2(CC(NC(=O)OCc3ccccc3)CS2(=O)=O)C1)NO.O=C(NC1CC2(CNC2)S(=O)(=O)C1)OCc1ccccc1. The van der Waals surface area contributed by atoms with Crippen LogP contribution in [0.15, 0.2) is 217 Å². The molecule has 10 saturated heterocycles. The lowest BCUT2D eigenvalue weighted by Gasteiger charge is -2.48. The van der Waals surface area contributed by atoms with E-state index in [1.54, 1.807) is 65.8 Å². The lowest BCUT2D eigenvalue weighted by molar-refractivity contribution is -0.135. The van der Waals surface area contributed by atoms with Crippen molar-refractivity contribution in [2.24, 2.45) is 5.73 Å². The highest BCUT2D eigenvalue weighted by Gasteiger charge is 2.64. The molecule has 5 atom stereocenters. The molecule has 0 aliphatic carbocycles. The van der Waals surface area contributed by atoms with Crippen molar-refractivity contribution in [1.82, 2.24) is 41.9 Å². The van der Waals surface area contributed by atoms with Crippen LogP contribution in [0, 0.1) is 0 Å². The van der Waals surface area contributed by atoms with Crippen LogP contribution < -0.4 is 47.6 Å². The zero-order valence-electron chi connectivity index (χ0n) is 82.1. The Labute approximate surface area is 865 Å². The number of alkyl carbamates (subject to hydrolysis) is 4. The molecular formula is C102H128BrN11O28S5. The number of benzene rings is 7. The van der Waals surface area contributed by atoms with Crippen molar-refractivity contribution >= 4 is 149 Å². The predicted octanol–water partition coefficient (Wildman–Crippen LogP) is 10.3. The molecule has 45 heteroatoms. The summed E-state index contributed by atoms with van der Waals surface area (Å²) in [6.07, 6.45) is 7.21. The Balaban J connectivity index is 0.000000171. The monoisotopic (exact) mass is 2190 g/mol. The van der Waals surface area contributed by atoms with Crippen LogP contribution in [0.25, 0.3) is 18.2 Å². The molecule has 7 aromatic carbocycles. The van der Waals surface area contributed by atoms with Crippen LogP contribution in [0.5, 0.6) is 0 Å². The van der Waals surface area contributed by atoms with E-state index in [1.807, 2.05) is 198 Å². The number of hydrogen-bond acceptors (Lipinski definition) is 32. The molecule has 5 spiro atoms. The number of hydroxylamine groups is 1. The van der Waals surface area contributed by atoms with Gasteiger partial charge in [0.15, 0.2) is 49.2 Å². The summed E-state index contributed by atoms with van der Waals surface area (Å²) < 4.78 is 162. The molecule has 796 valence electrons. The zero-order chi connectivity index (χ0) is 106. The Morgan fingerprint density at radius 3 is 0.946 bits per heavy atom. The molecule has 39 nitrogen and oxygen atoms in total. The van der Waals surface area contributed by atoms with Gasteiger partial charge in [-0.2, -0.15) is 0 Å². The minimum Gasteiger partial charge on any atom is -0.466 e. The second-order valence-electron chi connectivity index (χ2n) is 39.4. The van der Waals surface area contributed by atoms with Gasteiger partial charge in [0.05, 0.1) is 47.7 Å². The minimum absolute atomic E-state index is 0. The number of rotatable bonds is 20. The maximum absolute atomic E-state index is 13.0. The van der Waals surface area contributed by atoms with Gasteiger partial charge in [-0.15, -0.1) is 0 Å². The smallest absolute Gasteiger partial charge is 0.410 e. The molecule has 9 N–H and O–H groups in total. The van der Waals surface area contributed by atoms with Crippen LogP contribution in [-0.2, 0) is 128 Å². The number of carbonyl (C=O) groups excluding carboxylic acids is 9. The first kappa shape index (κ1) is 115. The summed E-state index contributed by atoms with van der Waals surface area (Å²) in [4.78, 5) is 112. The number of amides is 7. The van der Waals surface area contributed by atoms with Gasteiger partial charge in [-0.25, -0.2) is 85.9 Å². The third-order valence-electron chi connectivity index (χ3n) is 25.9. The van der Waals surface area contributed by atoms with E-state index in [0.29, 0.717) is 65.0 Å². The number of halogens is 1. The van der Waals surface area contributed by atoms with Gasteiger partial charge in [-0.05, 0) is 149 Å². The largest absolute Gasteiger partial charge is 0.466 e. The van der Waals surface area contributed by atoms with Gasteiger partial charge in [0.25, 0.3) is 5.91 Å². The van der Waals surface area contributed by atoms with E-state index in [4.69, 9.17) is 39.4 Å². The maximum Gasteiger partial charge on any atom is 0.410 e. The van der Waals surface area contributed by atoms with Crippen LogP contribution in [-0.4, -0.2) is 285 Å². The molecule has 7 aromatic rings. The fourth-order valence-electron chi connectivity index (χ4n) is 18.5. The quantitative estimate of drug-likeness (QED) is 0.0116. The van der Waals surface area contributed by atoms with Crippen LogP contribution >= 0.6 is 15.9 Å². The second kappa shape index (κ2) is 48.6. The Morgan fingerprint density at radius 2 is 0.660 bits per heavy atom. The van der Waals surface area contributed by atoms with Gasteiger partial charge >= 0.3 is 48.5 Å². The van der Waals surface area contributed by atoms with E-state index >= 15 is 0 Å². The Bertz CT molecular complexity index is 6350. The van der Waals surface area contributed by atoms with Crippen LogP contribution in [0.2, 0.25) is 0 Å². The van der Waals surface area contributed by atoms with Gasteiger partial charge in [0, 0.05) is 130 Å². The number of anilines is 2. The number of likely N-dealkylation sites (tertiary alicyclic amines) is 2. The van der Waals surface area contributed by atoms with Gasteiger partial charge in [-0.3, -0.25) is 10.0 Å². The number of nitrogens with two attached hydrogens (primary N) is 1. The molecule has 10 fully saturated rings. The van der Waals surface area contributed by atoms with E-state index in [1.165, 1.54) is 47.7 Å². The Hall–Kier alpha value is -12.5. The summed E-state index contributed by atoms with van der Waals surface area (Å²) in [5.41, 5.74) is 13.6. The summed E-state index contributed by atoms with van der Waals surface area (Å²) in [5.74, 6) is -1.84. The maximum atomic E-state index is 13.0. The highest BCUT2D eigenvalue weighted by Crippen LogP contribution is 2.47. The molecule has 0 radical (unpaired) electrons. The van der Waals surface area contributed by atoms with Crippen molar-refractivity contribution in [2.45, 2.75) is 173 Å². The molecule has 7 amide bonds. The lowest BCUT2D eigenvalue weighted by Crippen LogP contribution is -2.66. The number of nitrogens with zero attached hydrogens (tertiary/aromatic N) is 4. The van der Waals surface area contributed by atoms with Crippen LogP contribution in [0.3, 0.4) is 0 Å². The van der Waals surface area contributed by atoms with E-state index in [-0.39, 0.29) is 113 Å². The van der Waals surface area contributed by atoms with Crippen molar-refractivity contribution < 1.29 is 128 Å². The minimum atomic E-state index is -3.44. The molecule has 0 bridgehead atoms. The third kappa shape index (κ3) is 29.8. The van der Waals surface area contributed by atoms with Crippen molar-refractivity contribution in [3.05, 3.63) is 256 Å². The average Bonchev–Trinajstić information content (AvgIpc) is 1.59. The molecule has 10 aliphatic heterocycles. The van der Waals surface area contributed by atoms with E-state index in [0.717, 1.165) is 54.8 Å². The Morgan fingerprint density at radius 1 is 0.388 bits per heavy atom. The van der Waals surface area contributed by atoms with Crippen molar-refractivity contribution in [1.29, 1.82) is 0 Å². The Kier molecular flexibility index (Phi) is 38.0. The van der Waals surface area contributed by atoms with Crippen molar-refractivity contribution in [3.8, 4) is 0 Å². The summed E-state index contributed by atoms with van der Waals surface area (Å²) in [7, 11) is -13.9. The number of carbonyl (C=O) groups is 9. The molecule has 5 unspecified atom stereocenters. The van der Waals surface area contributed by atoms with E-state index in [9.17, 15) is 85.2 Å². The summed E-state index contributed by atoms with van der Waals surface area (Å²) in [6, 6.07) is 57.3. The zero-order valence-corrected chi connectivity index (χ0v) is 87.7. The number of ether oxygens (including phenoxy) is 8. The lowest BCUT2D eigenvalue weighted by atomic mass is 9.90. The molecule has 0 aromatic heterocycles. The van der Waals surface area contributed by atoms with Crippen LogP contribution in [0.1, 0.15) is 120 Å². The fourth-order valence-corrected chi connectivity index (χ4v) is 30.1. The van der Waals surface area contributed by atoms with Gasteiger partial charge in [-0.1, -0.05) is 199 Å². The molecule has 147 heavy (non-hydrogen) atoms. The number of para-hydroxylation sites is 2. The van der Waals surface area contributed by atoms with Crippen molar-refractivity contribution in [2.75, 3.05) is 118 Å². The summed E-state index contributed by atoms with van der Waals surface area (Å²) in [5, 5.41) is 22.4. The predicted molar refractivity (Wildman–Crippen MR) is 556 cm³/mol.